The Morgan fingerprint density at radius 3 is 2.56 bits per heavy atom. The lowest BCUT2D eigenvalue weighted by Gasteiger charge is -2.27. The Hall–Kier alpha value is -3.13. The molecule has 8 heteroatoms. The van der Waals surface area contributed by atoms with Gasteiger partial charge in [0.25, 0.3) is 5.91 Å². The predicted octanol–water partition coefficient (Wildman–Crippen LogP) is 2.43. The second-order valence-electron chi connectivity index (χ2n) is 6.12. The van der Waals surface area contributed by atoms with Crippen molar-refractivity contribution in [3.63, 3.8) is 0 Å². The molecule has 1 fully saturated rings. The number of carbonyl (C=O) groups excluding carboxylic acids is 2. The molecule has 0 atom stereocenters. The lowest BCUT2D eigenvalue weighted by molar-refractivity contribution is -0.139. The molecular weight excluding hydrogens is 362 g/mol. The minimum Gasteiger partial charge on any atom is -0.273 e. The van der Waals surface area contributed by atoms with Crippen molar-refractivity contribution in [2.24, 2.45) is 0 Å². The number of hydrazine groups is 1. The van der Waals surface area contributed by atoms with Gasteiger partial charge in [0.15, 0.2) is 0 Å². The molecule has 0 aliphatic carbocycles. The van der Waals surface area contributed by atoms with Gasteiger partial charge in [-0.3, -0.25) is 24.6 Å². The highest BCUT2D eigenvalue weighted by atomic mass is 32.1. The van der Waals surface area contributed by atoms with E-state index in [1.165, 1.54) is 21.4 Å². The molecule has 1 saturated heterocycles. The quantitative estimate of drug-likeness (QED) is 0.696. The van der Waals surface area contributed by atoms with Crippen LogP contribution in [0, 0.1) is 0 Å². The first-order chi connectivity index (χ1) is 13.2. The van der Waals surface area contributed by atoms with Gasteiger partial charge in [-0.25, -0.2) is 9.99 Å². The van der Waals surface area contributed by atoms with Crippen molar-refractivity contribution >= 4 is 23.2 Å². The highest BCUT2D eigenvalue weighted by molar-refractivity contribution is 7.13. The summed E-state index contributed by atoms with van der Waals surface area (Å²) in [5.41, 5.74) is 2.04. The molecule has 0 saturated carbocycles. The number of nitrogens with zero attached hydrogens (tertiary/aromatic N) is 5. The maximum absolute atomic E-state index is 12.9. The Morgan fingerprint density at radius 1 is 1.04 bits per heavy atom. The zero-order valence-corrected chi connectivity index (χ0v) is 15.3. The van der Waals surface area contributed by atoms with Gasteiger partial charge in [-0.05, 0) is 30.2 Å². The van der Waals surface area contributed by atoms with Crippen LogP contribution < -0.4 is 0 Å². The van der Waals surface area contributed by atoms with Crippen LogP contribution in [0.5, 0.6) is 0 Å². The zero-order valence-electron chi connectivity index (χ0n) is 14.5. The number of amides is 2. The summed E-state index contributed by atoms with van der Waals surface area (Å²) in [6, 6.07) is 7.38. The van der Waals surface area contributed by atoms with Crippen molar-refractivity contribution in [1.29, 1.82) is 0 Å². The molecule has 0 N–H and O–H groups in total. The van der Waals surface area contributed by atoms with E-state index in [0.29, 0.717) is 18.8 Å². The van der Waals surface area contributed by atoms with Gasteiger partial charge in [0.05, 0.1) is 6.42 Å². The predicted molar refractivity (Wildman–Crippen MR) is 101 cm³/mol. The smallest absolute Gasteiger partial charge is 0.273 e. The molecule has 4 rings (SSSR count). The Balaban J connectivity index is 1.49. The number of aromatic nitrogens is 3. The largest absolute Gasteiger partial charge is 0.291 e. The second-order valence-corrected chi connectivity index (χ2v) is 6.97. The normalized spacial score (nSPS) is 13.8. The van der Waals surface area contributed by atoms with Crippen molar-refractivity contribution in [3.05, 3.63) is 65.7 Å². The van der Waals surface area contributed by atoms with E-state index in [0.717, 1.165) is 22.6 Å². The molecule has 3 aromatic rings. The third kappa shape index (κ3) is 3.70. The van der Waals surface area contributed by atoms with Crippen molar-refractivity contribution in [2.75, 3.05) is 13.1 Å². The van der Waals surface area contributed by atoms with Crippen LogP contribution in [0.25, 0.3) is 10.6 Å². The van der Waals surface area contributed by atoms with Crippen LogP contribution in [0.4, 0.5) is 0 Å². The Bertz CT molecular complexity index is 945. The number of rotatable bonds is 4. The number of hydrogen-bond acceptors (Lipinski definition) is 6. The minimum atomic E-state index is -0.251. The summed E-state index contributed by atoms with van der Waals surface area (Å²) in [5.74, 6) is -0.366. The van der Waals surface area contributed by atoms with Crippen molar-refractivity contribution in [3.8, 4) is 10.6 Å². The molecule has 2 amide bonds. The molecule has 27 heavy (non-hydrogen) atoms. The Labute approximate surface area is 160 Å². The van der Waals surface area contributed by atoms with Gasteiger partial charge in [-0.15, -0.1) is 11.3 Å². The third-order valence-electron chi connectivity index (χ3n) is 4.26. The first kappa shape index (κ1) is 17.3. The molecule has 1 aliphatic rings. The SMILES string of the molecule is O=C(Cc1cccnc1)N1CCCN1C(=O)c1csc(-c2cccnc2)n1. The number of hydrogen-bond donors (Lipinski definition) is 0. The van der Waals surface area contributed by atoms with E-state index in [-0.39, 0.29) is 18.2 Å². The van der Waals surface area contributed by atoms with Crippen molar-refractivity contribution in [2.45, 2.75) is 12.8 Å². The van der Waals surface area contributed by atoms with Gasteiger partial charge in [0.2, 0.25) is 5.91 Å². The molecule has 136 valence electrons. The number of carbonyl (C=O) groups is 2. The summed E-state index contributed by atoms with van der Waals surface area (Å²) in [6.07, 6.45) is 7.72. The zero-order chi connectivity index (χ0) is 18.6. The molecule has 0 aromatic carbocycles. The van der Waals surface area contributed by atoms with E-state index in [1.807, 2.05) is 18.2 Å². The first-order valence-corrected chi connectivity index (χ1v) is 9.47. The monoisotopic (exact) mass is 379 g/mol. The highest BCUT2D eigenvalue weighted by Crippen LogP contribution is 2.24. The molecule has 3 aromatic heterocycles. The fraction of sp³-hybridized carbons (Fsp3) is 0.211. The van der Waals surface area contributed by atoms with Gasteiger partial charge < -0.3 is 0 Å². The average Bonchev–Trinajstić information content (AvgIpc) is 3.39. The van der Waals surface area contributed by atoms with Crippen LogP contribution in [0.2, 0.25) is 0 Å². The summed E-state index contributed by atoms with van der Waals surface area (Å²) in [4.78, 5) is 38.1. The van der Waals surface area contributed by atoms with Gasteiger partial charge in [0, 0.05) is 48.8 Å². The molecule has 0 bridgehead atoms. The van der Waals surface area contributed by atoms with Crippen molar-refractivity contribution < 1.29 is 9.59 Å². The molecule has 1 aliphatic heterocycles. The number of thiazole rings is 1. The van der Waals surface area contributed by atoms with Crippen LogP contribution in [-0.2, 0) is 11.2 Å². The first-order valence-electron chi connectivity index (χ1n) is 8.59. The van der Waals surface area contributed by atoms with Crippen LogP contribution in [0.3, 0.4) is 0 Å². The van der Waals surface area contributed by atoms with Crippen LogP contribution >= 0.6 is 11.3 Å². The van der Waals surface area contributed by atoms with Gasteiger partial charge >= 0.3 is 0 Å². The maximum atomic E-state index is 12.9. The summed E-state index contributed by atoms with van der Waals surface area (Å²) in [7, 11) is 0. The molecule has 4 heterocycles. The minimum absolute atomic E-state index is 0.114. The summed E-state index contributed by atoms with van der Waals surface area (Å²) in [6.45, 7) is 1.04. The molecule has 7 nitrogen and oxygen atoms in total. The van der Waals surface area contributed by atoms with E-state index >= 15 is 0 Å². The average molecular weight is 379 g/mol. The fourth-order valence-electron chi connectivity index (χ4n) is 2.98. The topological polar surface area (TPSA) is 79.3 Å². The lowest BCUT2D eigenvalue weighted by Crippen LogP contribution is -2.45. The Kier molecular flexibility index (Phi) is 4.88. The van der Waals surface area contributed by atoms with Crippen LogP contribution in [0.1, 0.15) is 22.5 Å². The van der Waals surface area contributed by atoms with Crippen LogP contribution in [-0.4, -0.2) is 49.9 Å². The van der Waals surface area contributed by atoms with E-state index in [1.54, 1.807) is 36.2 Å². The molecule has 0 radical (unpaired) electrons. The summed E-state index contributed by atoms with van der Waals surface area (Å²) < 4.78 is 0. The number of pyridine rings is 2. The van der Waals surface area contributed by atoms with Gasteiger partial charge in [-0.2, -0.15) is 0 Å². The standard InChI is InChI=1S/C19H17N5O2S/c25-17(10-14-4-1-6-20-11-14)23-8-3-9-24(23)19(26)16-13-27-18(22-16)15-5-2-7-21-12-15/h1-2,4-7,11-13H,3,8-10H2. The van der Waals surface area contributed by atoms with E-state index < -0.39 is 0 Å². The second kappa shape index (κ2) is 7.63. The van der Waals surface area contributed by atoms with Crippen LogP contribution in [0.15, 0.2) is 54.4 Å². The van der Waals surface area contributed by atoms with Gasteiger partial charge in [0.1, 0.15) is 10.7 Å². The van der Waals surface area contributed by atoms with Crippen molar-refractivity contribution in [1.82, 2.24) is 25.0 Å². The summed E-state index contributed by atoms with van der Waals surface area (Å²) >= 11 is 1.39. The third-order valence-corrected chi connectivity index (χ3v) is 5.15. The van der Waals surface area contributed by atoms with E-state index in [2.05, 4.69) is 15.0 Å². The van der Waals surface area contributed by atoms with Gasteiger partial charge in [-0.1, -0.05) is 6.07 Å². The molecule has 0 spiro atoms. The fourth-order valence-corrected chi connectivity index (χ4v) is 3.76. The highest BCUT2D eigenvalue weighted by Gasteiger charge is 2.32. The summed E-state index contributed by atoms with van der Waals surface area (Å²) in [5, 5.41) is 5.49. The molecule has 0 unspecified atom stereocenters. The Morgan fingerprint density at radius 2 is 1.81 bits per heavy atom. The van der Waals surface area contributed by atoms with E-state index in [9.17, 15) is 9.59 Å². The maximum Gasteiger partial charge on any atom is 0.291 e. The lowest BCUT2D eigenvalue weighted by atomic mass is 10.2. The van der Waals surface area contributed by atoms with E-state index in [4.69, 9.17) is 0 Å². The molecular formula is C19H17N5O2S.